The second kappa shape index (κ2) is 13.5. The quantitative estimate of drug-likeness (QED) is 0.371. The van der Waals surface area contributed by atoms with Crippen LogP contribution in [0, 0.1) is 0 Å². The Hall–Kier alpha value is -2.29. The lowest BCUT2D eigenvalue weighted by atomic mass is 10.1. The molecule has 2 amide bonds. The molecule has 0 spiro atoms. The van der Waals surface area contributed by atoms with Crippen molar-refractivity contribution in [2.75, 3.05) is 17.1 Å². The molecule has 1 N–H and O–H groups in total. The Morgan fingerprint density at radius 3 is 2.11 bits per heavy atom. The van der Waals surface area contributed by atoms with Gasteiger partial charge in [0.1, 0.15) is 6.04 Å². The summed E-state index contributed by atoms with van der Waals surface area (Å²) in [6.45, 7) is 2.29. The maximum Gasteiger partial charge on any atom is 0.243 e. The van der Waals surface area contributed by atoms with Crippen LogP contribution in [0.1, 0.15) is 57.4 Å². The van der Waals surface area contributed by atoms with E-state index in [1.807, 2.05) is 19.1 Å². The van der Waals surface area contributed by atoms with Crippen molar-refractivity contribution in [3.63, 3.8) is 0 Å². The zero-order valence-electron chi connectivity index (χ0n) is 21.3. The first kappa shape index (κ1) is 29.3. The summed E-state index contributed by atoms with van der Waals surface area (Å²) in [5.41, 5.74) is 1.35. The molecule has 10 heteroatoms. The molecular formula is C27H35Cl2N3O4S. The van der Waals surface area contributed by atoms with E-state index in [-0.39, 0.29) is 37.4 Å². The normalized spacial score (nSPS) is 14.8. The van der Waals surface area contributed by atoms with Crippen molar-refractivity contribution in [3.8, 4) is 0 Å². The van der Waals surface area contributed by atoms with Crippen molar-refractivity contribution in [1.29, 1.82) is 0 Å². The summed E-state index contributed by atoms with van der Waals surface area (Å²) in [5.74, 6) is -0.344. The second-order valence-electron chi connectivity index (χ2n) is 9.48. The van der Waals surface area contributed by atoms with E-state index in [9.17, 15) is 18.0 Å². The van der Waals surface area contributed by atoms with Gasteiger partial charge in [-0.1, -0.05) is 55.1 Å². The van der Waals surface area contributed by atoms with E-state index in [1.54, 1.807) is 41.3 Å². The van der Waals surface area contributed by atoms with Gasteiger partial charge in [-0.3, -0.25) is 13.9 Å². The molecular weight excluding hydrogens is 533 g/mol. The van der Waals surface area contributed by atoms with Crippen molar-refractivity contribution >= 4 is 50.7 Å². The molecule has 1 saturated carbocycles. The van der Waals surface area contributed by atoms with E-state index in [2.05, 4.69) is 5.32 Å². The van der Waals surface area contributed by atoms with Crippen LogP contribution in [0.25, 0.3) is 0 Å². The zero-order valence-corrected chi connectivity index (χ0v) is 23.7. The van der Waals surface area contributed by atoms with Gasteiger partial charge in [-0.25, -0.2) is 8.42 Å². The molecule has 1 atom stereocenters. The lowest BCUT2D eigenvalue weighted by molar-refractivity contribution is -0.141. The summed E-state index contributed by atoms with van der Waals surface area (Å²) < 4.78 is 26.1. The number of rotatable bonds is 12. The summed E-state index contributed by atoms with van der Waals surface area (Å²) in [5, 5.41) is 4.23. The highest BCUT2D eigenvalue weighted by molar-refractivity contribution is 7.92. The molecule has 0 radical (unpaired) electrons. The molecule has 7 nitrogen and oxygen atoms in total. The van der Waals surface area contributed by atoms with Crippen molar-refractivity contribution in [1.82, 2.24) is 10.2 Å². The Morgan fingerprint density at radius 2 is 1.57 bits per heavy atom. The fourth-order valence-electron chi connectivity index (χ4n) is 4.68. The van der Waals surface area contributed by atoms with Crippen LogP contribution < -0.4 is 9.62 Å². The Bertz CT molecular complexity index is 1150. The second-order valence-corrected chi connectivity index (χ2v) is 12.3. The molecule has 1 aliphatic rings. The molecule has 202 valence electrons. The number of nitrogens with zero attached hydrogens (tertiary/aromatic N) is 2. The van der Waals surface area contributed by atoms with Gasteiger partial charge in [0, 0.05) is 35.6 Å². The number of sulfonamides is 1. The van der Waals surface area contributed by atoms with Gasteiger partial charge >= 0.3 is 0 Å². The smallest absolute Gasteiger partial charge is 0.243 e. The first-order valence-corrected chi connectivity index (χ1v) is 15.3. The number of halogens is 2. The number of carbonyl (C=O) groups is 2. The Balaban J connectivity index is 1.74. The first-order chi connectivity index (χ1) is 17.6. The first-order valence-electron chi connectivity index (χ1n) is 12.7. The SMILES string of the molecule is CC[C@@H](C(=O)NC1CCCC1)N(Cc1ccc(Cl)cc1)C(=O)CCCN(c1ccc(Cl)cc1)S(C)(=O)=O. The number of benzene rings is 2. The van der Waals surface area contributed by atoms with Crippen LogP contribution in [0.3, 0.4) is 0 Å². The highest BCUT2D eigenvalue weighted by Crippen LogP contribution is 2.23. The molecule has 2 aromatic carbocycles. The van der Waals surface area contributed by atoms with Crippen LogP contribution in [0.5, 0.6) is 0 Å². The molecule has 0 aliphatic heterocycles. The van der Waals surface area contributed by atoms with Crippen LogP contribution >= 0.6 is 23.2 Å². The molecule has 0 heterocycles. The van der Waals surface area contributed by atoms with Crippen LogP contribution in [-0.2, 0) is 26.2 Å². The lowest BCUT2D eigenvalue weighted by Gasteiger charge is -2.32. The number of hydrogen-bond acceptors (Lipinski definition) is 4. The van der Waals surface area contributed by atoms with Gasteiger partial charge in [0.05, 0.1) is 11.9 Å². The fraction of sp³-hybridized carbons (Fsp3) is 0.481. The third-order valence-corrected chi connectivity index (χ3v) is 8.32. The summed E-state index contributed by atoms with van der Waals surface area (Å²) in [6.07, 6.45) is 6.11. The molecule has 1 fully saturated rings. The maximum absolute atomic E-state index is 13.5. The Morgan fingerprint density at radius 1 is 1.00 bits per heavy atom. The van der Waals surface area contributed by atoms with Gasteiger partial charge in [0.25, 0.3) is 0 Å². The predicted molar refractivity (Wildman–Crippen MR) is 149 cm³/mol. The van der Waals surface area contributed by atoms with E-state index in [4.69, 9.17) is 23.2 Å². The predicted octanol–water partition coefficient (Wildman–Crippen LogP) is 5.41. The van der Waals surface area contributed by atoms with Crippen LogP contribution in [0.2, 0.25) is 10.0 Å². The van der Waals surface area contributed by atoms with Crippen molar-refractivity contribution in [3.05, 3.63) is 64.1 Å². The average Bonchev–Trinajstić information content (AvgIpc) is 3.36. The Kier molecular flexibility index (Phi) is 10.7. The highest BCUT2D eigenvalue weighted by atomic mass is 35.5. The van der Waals surface area contributed by atoms with Gasteiger partial charge in [0.2, 0.25) is 21.8 Å². The molecule has 0 saturated heterocycles. The summed E-state index contributed by atoms with van der Waals surface area (Å²) in [7, 11) is -3.56. The molecule has 0 unspecified atom stereocenters. The van der Waals surface area contributed by atoms with Gasteiger partial charge in [-0.15, -0.1) is 0 Å². The van der Waals surface area contributed by atoms with Gasteiger partial charge in [0.15, 0.2) is 0 Å². The largest absolute Gasteiger partial charge is 0.352 e. The molecule has 0 aromatic heterocycles. The standard InChI is InChI=1S/C27H35Cl2N3O4S/c1-3-25(27(34)30-23-7-4-5-8-23)31(19-20-10-12-21(28)13-11-20)26(33)9-6-18-32(37(2,35)36)24-16-14-22(29)15-17-24/h10-17,23,25H,3-9,18-19H2,1-2H3,(H,30,34)/t25-/m0/s1. The minimum Gasteiger partial charge on any atom is -0.352 e. The highest BCUT2D eigenvalue weighted by Gasteiger charge is 2.30. The van der Waals surface area contributed by atoms with E-state index < -0.39 is 16.1 Å². The number of anilines is 1. The molecule has 1 aliphatic carbocycles. The van der Waals surface area contributed by atoms with Gasteiger partial charge in [-0.05, 0) is 67.6 Å². The molecule has 2 aromatic rings. The van der Waals surface area contributed by atoms with Crippen molar-refractivity contribution in [2.24, 2.45) is 0 Å². The van der Waals surface area contributed by atoms with Crippen LogP contribution in [-0.4, -0.2) is 50.0 Å². The van der Waals surface area contributed by atoms with E-state index in [0.717, 1.165) is 37.5 Å². The minimum absolute atomic E-state index is 0.0976. The average molecular weight is 569 g/mol. The van der Waals surface area contributed by atoms with Crippen molar-refractivity contribution < 1.29 is 18.0 Å². The topological polar surface area (TPSA) is 86.8 Å². The van der Waals surface area contributed by atoms with Crippen molar-refractivity contribution in [2.45, 2.75) is 70.5 Å². The lowest BCUT2D eigenvalue weighted by Crippen LogP contribution is -2.51. The summed E-state index contributed by atoms with van der Waals surface area (Å²) >= 11 is 12.0. The van der Waals surface area contributed by atoms with Gasteiger partial charge in [-0.2, -0.15) is 0 Å². The third kappa shape index (κ3) is 8.62. The van der Waals surface area contributed by atoms with Gasteiger partial charge < -0.3 is 10.2 Å². The van der Waals surface area contributed by atoms with Crippen LogP contribution in [0.15, 0.2) is 48.5 Å². The van der Waals surface area contributed by atoms with Crippen LogP contribution in [0.4, 0.5) is 5.69 Å². The Labute approximate surface area is 230 Å². The third-order valence-electron chi connectivity index (χ3n) is 6.62. The molecule has 37 heavy (non-hydrogen) atoms. The number of nitrogens with one attached hydrogen (secondary N) is 1. The summed E-state index contributed by atoms with van der Waals surface area (Å²) in [4.78, 5) is 28.3. The molecule has 3 rings (SSSR count). The van der Waals surface area contributed by atoms with E-state index in [1.165, 1.54) is 4.31 Å². The number of amides is 2. The number of carbonyl (C=O) groups excluding carboxylic acids is 2. The van der Waals surface area contributed by atoms with E-state index >= 15 is 0 Å². The van der Waals surface area contributed by atoms with E-state index in [0.29, 0.717) is 28.6 Å². The minimum atomic E-state index is -3.56. The monoisotopic (exact) mass is 567 g/mol. The zero-order chi connectivity index (χ0) is 27.0. The maximum atomic E-state index is 13.5. The fourth-order valence-corrected chi connectivity index (χ4v) is 5.90. The summed E-state index contributed by atoms with van der Waals surface area (Å²) in [6, 6.07) is 13.3. The number of hydrogen-bond donors (Lipinski definition) is 1. The molecule has 0 bridgehead atoms.